The molecule has 0 fully saturated rings. The van der Waals surface area contributed by atoms with E-state index < -0.39 is 0 Å². The highest BCUT2D eigenvalue weighted by molar-refractivity contribution is 7.25. The average Bonchev–Trinajstić information content (AvgIpc) is 3.54. The molecule has 9 aromatic rings. The molecule has 1 nitrogen and oxygen atoms in total. The molecule has 9 rings (SSSR count). The Morgan fingerprint density at radius 1 is 0.333 bits per heavy atom. The second-order valence-corrected chi connectivity index (χ2v) is 13.2. The van der Waals surface area contributed by atoms with Crippen molar-refractivity contribution < 1.29 is 0 Å². The van der Waals surface area contributed by atoms with Crippen molar-refractivity contribution in [1.29, 1.82) is 0 Å². The highest BCUT2D eigenvalue weighted by Gasteiger charge is 2.18. The van der Waals surface area contributed by atoms with Gasteiger partial charge in [-0.25, -0.2) is 0 Å². The van der Waals surface area contributed by atoms with Crippen LogP contribution in [0.5, 0.6) is 0 Å². The van der Waals surface area contributed by atoms with E-state index in [0.29, 0.717) is 0 Å². The first-order valence-electron chi connectivity index (χ1n) is 16.3. The molecule has 0 amide bonds. The summed E-state index contributed by atoms with van der Waals surface area (Å²) in [5, 5.41) is 5.12. The minimum absolute atomic E-state index is 1.12. The molecule has 0 atom stereocenters. The average molecular weight is 630 g/mol. The minimum atomic E-state index is 1.12. The standard InChI is InChI=1S/C46H31NS/c1-2-12-34(13-3-1)41-19-6-8-22-44(41)47(38-28-29-46-43(31-38)42-20-7-9-23-45(42)48-46)37-26-24-32(25-27-37)35-16-10-17-36(30-35)40-21-11-15-33-14-4-5-18-39(33)40/h1-31H. The molecule has 0 saturated heterocycles. The van der Waals surface area contributed by atoms with Crippen LogP contribution in [0.1, 0.15) is 0 Å². The largest absolute Gasteiger partial charge is 0.310 e. The maximum atomic E-state index is 2.41. The van der Waals surface area contributed by atoms with E-state index in [2.05, 4.69) is 193 Å². The first-order valence-corrected chi connectivity index (χ1v) is 17.2. The second-order valence-electron chi connectivity index (χ2n) is 12.2. The van der Waals surface area contributed by atoms with E-state index in [0.717, 1.165) is 17.1 Å². The van der Waals surface area contributed by atoms with E-state index in [9.17, 15) is 0 Å². The first kappa shape index (κ1) is 28.3. The van der Waals surface area contributed by atoms with Crippen LogP contribution in [0.25, 0.3) is 64.3 Å². The topological polar surface area (TPSA) is 3.24 Å². The number of benzene rings is 8. The van der Waals surface area contributed by atoms with Crippen molar-refractivity contribution in [2.45, 2.75) is 0 Å². The lowest BCUT2D eigenvalue weighted by Gasteiger charge is -2.28. The summed E-state index contributed by atoms with van der Waals surface area (Å²) >= 11 is 1.85. The fourth-order valence-electron chi connectivity index (χ4n) is 6.96. The quantitative estimate of drug-likeness (QED) is 0.177. The summed E-state index contributed by atoms with van der Waals surface area (Å²) in [6.07, 6.45) is 0. The molecule has 0 aliphatic heterocycles. The van der Waals surface area contributed by atoms with Crippen LogP contribution < -0.4 is 4.90 Å². The number of anilines is 3. The Labute approximate surface area is 284 Å². The Balaban J connectivity index is 1.17. The summed E-state index contributed by atoms with van der Waals surface area (Å²) < 4.78 is 2.62. The molecule has 0 unspecified atom stereocenters. The normalized spacial score (nSPS) is 11.3. The first-order chi connectivity index (χ1) is 23.8. The summed E-state index contributed by atoms with van der Waals surface area (Å²) in [7, 11) is 0. The van der Waals surface area contributed by atoms with Crippen molar-refractivity contribution in [3.8, 4) is 33.4 Å². The van der Waals surface area contributed by atoms with Crippen molar-refractivity contribution in [3.63, 3.8) is 0 Å². The van der Waals surface area contributed by atoms with Crippen LogP contribution in [0, 0.1) is 0 Å². The van der Waals surface area contributed by atoms with Crippen molar-refractivity contribution in [3.05, 3.63) is 188 Å². The fraction of sp³-hybridized carbons (Fsp3) is 0. The number of thiophene rings is 1. The predicted octanol–water partition coefficient (Wildman–Crippen LogP) is 13.7. The lowest BCUT2D eigenvalue weighted by molar-refractivity contribution is 1.29. The number of hydrogen-bond donors (Lipinski definition) is 0. The number of fused-ring (bicyclic) bond motifs is 4. The van der Waals surface area contributed by atoms with Gasteiger partial charge in [0.15, 0.2) is 0 Å². The van der Waals surface area contributed by atoms with Gasteiger partial charge in [-0.15, -0.1) is 11.3 Å². The van der Waals surface area contributed by atoms with Gasteiger partial charge in [0.05, 0.1) is 5.69 Å². The minimum Gasteiger partial charge on any atom is -0.310 e. The monoisotopic (exact) mass is 629 g/mol. The van der Waals surface area contributed by atoms with Crippen LogP contribution in [0.2, 0.25) is 0 Å². The van der Waals surface area contributed by atoms with Gasteiger partial charge in [-0.05, 0) is 87.1 Å². The SMILES string of the molecule is c1ccc(-c2ccccc2N(c2ccc(-c3cccc(-c4cccc5ccccc45)c3)cc2)c2ccc3sc4ccccc4c3c2)cc1. The summed E-state index contributed by atoms with van der Waals surface area (Å²) in [4.78, 5) is 2.41. The molecule has 0 radical (unpaired) electrons. The summed E-state index contributed by atoms with van der Waals surface area (Å²) in [5.41, 5.74) is 10.7. The zero-order valence-corrected chi connectivity index (χ0v) is 27.1. The third kappa shape index (κ3) is 5.04. The van der Waals surface area contributed by atoms with E-state index in [1.165, 1.54) is 64.3 Å². The number of para-hydroxylation sites is 1. The van der Waals surface area contributed by atoms with E-state index in [-0.39, 0.29) is 0 Å². The Kier molecular flexibility index (Phi) is 7.07. The van der Waals surface area contributed by atoms with E-state index >= 15 is 0 Å². The predicted molar refractivity (Wildman–Crippen MR) is 208 cm³/mol. The molecule has 0 aliphatic rings. The maximum Gasteiger partial charge on any atom is 0.0540 e. The lowest BCUT2D eigenvalue weighted by Crippen LogP contribution is -2.11. The van der Waals surface area contributed by atoms with Gasteiger partial charge < -0.3 is 4.90 Å². The number of rotatable bonds is 6. The van der Waals surface area contributed by atoms with E-state index in [1.54, 1.807) is 0 Å². The zero-order valence-electron chi connectivity index (χ0n) is 26.3. The molecule has 48 heavy (non-hydrogen) atoms. The van der Waals surface area contributed by atoms with Crippen molar-refractivity contribution in [1.82, 2.24) is 0 Å². The molecule has 2 heteroatoms. The van der Waals surface area contributed by atoms with Crippen molar-refractivity contribution in [2.24, 2.45) is 0 Å². The van der Waals surface area contributed by atoms with Gasteiger partial charge >= 0.3 is 0 Å². The molecule has 0 aliphatic carbocycles. The molecule has 0 spiro atoms. The summed E-state index contributed by atoms with van der Waals surface area (Å²) in [5.74, 6) is 0. The van der Waals surface area contributed by atoms with Gasteiger partial charge in [0, 0.05) is 37.1 Å². The maximum absolute atomic E-state index is 2.41. The highest BCUT2D eigenvalue weighted by Crippen LogP contribution is 2.44. The fourth-order valence-corrected chi connectivity index (χ4v) is 8.04. The van der Waals surface area contributed by atoms with Crippen LogP contribution in [0.3, 0.4) is 0 Å². The molecular formula is C46H31NS. The van der Waals surface area contributed by atoms with Gasteiger partial charge in [-0.1, -0.05) is 140 Å². The summed E-state index contributed by atoms with van der Waals surface area (Å²) in [6, 6.07) is 68.2. The Bertz CT molecular complexity index is 2560. The van der Waals surface area contributed by atoms with Crippen LogP contribution in [-0.4, -0.2) is 0 Å². The van der Waals surface area contributed by atoms with Crippen molar-refractivity contribution in [2.75, 3.05) is 4.90 Å². The molecule has 8 aromatic carbocycles. The molecule has 1 heterocycles. The molecular weight excluding hydrogens is 599 g/mol. The highest BCUT2D eigenvalue weighted by atomic mass is 32.1. The second kappa shape index (κ2) is 12.0. The lowest BCUT2D eigenvalue weighted by atomic mass is 9.95. The van der Waals surface area contributed by atoms with Gasteiger partial charge in [0.2, 0.25) is 0 Å². The van der Waals surface area contributed by atoms with Crippen LogP contribution in [0.4, 0.5) is 17.1 Å². The van der Waals surface area contributed by atoms with Crippen LogP contribution in [-0.2, 0) is 0 Å². The summed E-state index contributed by atoms with van der Waals surface area (Å²) in [6.45, 7) is 0. The van der Waals surface area contributed by atoms with Crippen LogP contribution >= 0.6 is 11.3 Å². The smallest absolute Gasteiger partial charge is 0.0540 e. The Morgan fingerprint density at radius 2 is 0.958 bits per heavy atom. The molecule has 226 valence electrons. The molecule has 0 bridgehead atoms. The van der Waals surface area contributed by atoms with Gasteiger partial charge in [-0.2, -0.15) is 0 Å². The molecule has 0 saturated carbocycles. The third-order valence-corrected chi connectivity index (χ3v) is 10.4. The van der Waals surface area contributed by atoms with E-state index in [4.69, 9.17) is 0 Å². The van der Waals surface area contributed by atoms with Gasteiger partial charge in [0.25, 0.3) is 0 Å². The number of hydrogen-bond acceptors (Lipinski definition) is 2. The van der Waals surface area contributed by atoms with Crippen molar-refractivity contribution >= 4 is 59.3 Å². The molecule has 0 N–H and O–H groups in total. The van der Waals surface area contributed by atoms with Gasteiger partial charge in [0.1, 0.15) is 0 Å². The Hall–Kier alpha value is -5.96. The van der Waals surface area contributed by atoms with E-state index in [1.807, 2.05) is 11.3 Å². The number of nitrogens with zero attached hydrogens (tertiary/aromatic N) is 1. The zero-order chi connectivity index (χ0) is 31.9. The Morgan fingerprint density at radius 3 is 1.85 bits per heavy atom. The van der Waals surface area contributed by atoms with Gasteiger partial charge in [-0.3, -0.25) is 0 Å². The third-order valence-electron chi connectivity index (χ3n) is 9.27. The molecule has 1 aromatic heterocycles. The van der Waals surface area contributed by atoms with Crippen LogP contribution in [0.15, 0.2) is 188 Å².